The predicted octanol–water partition coefficient (Wildman–Crippen LogP) is 2.48. The second-order valence-corrected chi connectivity index (χ2v) is 6.28. The lowest BCUT2D eigenvalue weighted by molar-refractivity contribution is -0.120. The molecule has 2 amide bonds. The third kappa shape index (κ3) is 3.33. The smallest absolute Gasteiger partial charge is 0.282 e. The molecule has 0 radical (unpaired) electrons. The Morgan fingerprint density at radius 2 is 1.70 bits per heavy atom. The van der Waals surface area contributed by atoms with Crippen molar-refractivity contribution in [3.8, 4) is 0 Å². The van der Waals surface area contributed by atoms with E-state index in [4.69, 9.17) is 0 Å². The molecule has 5 nitrogen and oxygen atoms in total. The zero-order valence-corrected chi connectivity index (χ0v) is 14.9. The molecule has 1 aliphatic rings. The minimum atomic E-state index is -1.01. The number of imide groups is 1. The van der Waals surface area contributed by atoms with Crippen molar-refractivity contribution >= 4 is 23.1 Å². The number of likely N-dealkylation sites (N-methyl/N-ethyl adjacent to an activating group) is 1. The Hall–Kier alpha value is -3.06. The number of hydrogen-bond acceptors (Lipinski definition) is 4. The first-order valence-corrected chi connectivity index (χ1v) is 8.32. The summed E-state index contributed by atoms with van der Waals surface area (Å²) in [4.78, 5) is 28.2. The maximum absolute atomic E-state index is 14.2. The van der Waals surface area contributed by atoms with Gasteiger partial charge >= 0.3 is 0 Å². The lowest BCUT2D eigenvalue weighted by Gasteiger charge is -2.20. The summed E-state index contributed by atoms with van der Waals surface area (Å²) in [5.74, 6) is -3.24. The number of hydrogen-bond donors (Lipinski definition) is 1. The molecule has 0 atom stereocenters. The number of aryl methyl sites for hydroxylation is 1. The van der Waals surface area contributed by atoms with Crippen LogP contribution in [0.4, 0.5) is 14.5 Å². The van der Waals surface area contributed by atoms with Gasteiger partial charge < -0.3 is 10.0 Å². The number of aliphatic hydroxyl groups excluding tert-OH is 1. The van der Waals surface area contributed by atoms with Crippen molar-refractivity contribution in [3.63, 3.8) is 0 Å². The monoisotopic (exact) mass is 372 g/mol. The van der Waals surface area contributed by atoms with Crippen molar-refractivity contribution in [1.29, 1.82) is 0 Å². The van der Waals surface area contributed by atoms with E-state index >= 15 is 0 Å². The minimum absolute atomic E-state index is 0.0571. The summed E-state index contributed by atoms with van der Waals surface area (Å²) in [6, 6.07) is 9.66. The van der Waals surface area contributed by atoms with Crippen LogP contribution in [-0.4, -0.2) is 42.0 Å². The highest BCUT2D eigenvalue weighted by molar-refractivity contribution is 6.45. The highest BCUT2D eigenvalue weighted by Crippen LogP contribution is 2.35. The molecule has 0 spiro atoms. The molecule has 1 aliphatic heterocycles. The third-order valence-electron chi connectivity index (χ3n) is 4.37. The molecule has 0 unspecified atom stereocenters. The molecule has 27 heavy (non-hydrogen) atoms. The molecule has 140 valence electrons. The van der Waals surface area contributed by atoms with Crippen LogP contribution in [0.3, 0.4) is 0 Å². The van der Waals surface area contributed by atoms with Crippen LogP contribution in [0.15, 0.2) is 48.2 Å². The molecular formula is C20H18F2N2O3. The standard InChI is InChI=1S/C20H18F2N2O3/c1-12-3-5-13(6-4-12)17-18(23(2)9-10-25)20(27)24(19(17)26)16-8-7-14(21)11-15(16)22/h3-8,11,25H,9-10H2,1-2H3. The average Bonchev–Trinajstić information content (AvgIpc) is 2.87. The second-order valence-electron chi connectivity index (χ2n) is 6.28. The zero-order valence-electron chi connectivity index (χ0n) is 14.9. The van der Waals surface area contributed by atoms with Crippen LogP contribution in [0.2, 0.25) is 0 Å². The molecule has 1 heterocycles. The molecule has 2 aromatic carbocycles. The SMILES string of the molecule is Cc1ccc(C2=C(N(C)CCO)C(=O)N(c3ccc(F)cc3F)C2=O)cc1. The summed E-state index contributed by atoms with van der Waals surface area (Å²) in [7, 11) is 1.56. The van der Waals surface area contributed by atoms with Crippen LogP contribution < -0.4 is 4.90 Å². The Kier molecular flexibility index (Phi) is 5.05. The molecule has 0 saturated carbocycles. The summed E-state index contributed by atoms with van der Waals surface area (Å²) in [5, 5.41) is 9.22. The van der Waals surface area contributed by atoms with Gasteiger partial charge in [0, 0.05) is 19.7 Å². The van der Waals surface area contributed by atoms with Crippen LogP contribution in [0.25, 0.3) is 5.57 Å². The lowest BCUT2D eigenvalue weighted by atomic mass is 10.0. The van der Waals surface area contributed by atoms with E-state index in [0.29, 0.717) is 16.5 Å². The fraction of sp³-hybridized carbons (Fsp3) is 0.200. The number of halogens is 2. The van der Waals surface area contributed by atoms with Crippen LogP contribution in [-0.2, 0) is 9.59 Å². The van der Waals surface area contributed by atoms with Crippen LogP contribution in [0.1, 0.15) is 11.1 Å². The quantitative estimate of drug-likeness (QED) is 0.820. The molecule has 0 bridgehead atoms. The van der Waals surface area contributed by atoms with Gasteiger partial charge in [0.1, 0.15) is 17.3 Å². The topological polar surface area (TPSA) is 60.9 Å². The van der Waals surface area contributed by atoms with E-state index in [2.05, 4.69) is 0 Å². The fourth-order valence-electron chi connectivity index (χ4n) is 3.00. The van der Waals surface area contributed by atoms with Crippen molar-refractivity contribution in [1.82, 2.24) is 4.90 Å². The number of carbonyl (C=O) groups excluding carboxylic acids is 2. The van der Waals surface area contributed by atoms with Gasteiger partial charge in [-0.15, -0.1) is 0 Å². The number of rotatable bonds is 5. The Morgan fingerprint density at radius 1 is 1.04 bits per heavy atom. The van der Waals surface area contributed by atoms with Gasteiger partial charge in [-0.1, -0.05) is 29.8 Å². The third-order valence-corrected chi connectivity index (χ3v) is 4.37. The summed E-state index contributed by atoms with van der Waals surface area (Å²) in [6.07, 6.45) is 0. The molecule has 2 aromatic rings. The molecule has 0 aliphatic carbocycles. The summed E-state index contributed by atoms with van der Waals surface area (Å²) in [5.41, 5.74) is 1.33. The summed E-state index contributed by atoms with van der Waals surface area (Å²) >= 11 is 0. The second kappa shape index (κ2) is 7.28. The van der Waals surface area contributed by atoms with E-state index in [9.17, 15) is 23.5 Å². The largest absolute Gasteiger partial charge is 0.395 e. The maximum atomic E-state index is 14.2. The van der Waals surface area contributed by atoms with Gasteiger partial charge in [-0.25, -0.2) is 13.7 Å². The summed E-state index contributed by atoms with van der Waals surface area (Å²) in [6.45, 7) is 1.77. The van der Waals surface area contributed by atoms with E-state index in [1.54, 1.807) is 31.3 Å². The van der Waals surface area contributed by atoms with Gasteiger partial charge in [-0.05, 0) is 24.6 Å². The lowest BCUT2D eigenvalue weighted by Crippen LogP contribution is -2.35. The number of benzene rings is 2. The number of anilines is 1. The van der Waals surface area contributed by atoms with Crippen molar-refractivity contribution in [2.45, 2.75) is 6.92 Å². The average molecular weight is 372 g/mol. The van der Waals surface area contributed by atoms with Crippen LogP contribution in [0.5, 0.6) is 0 Å². The summed E-state index contributed by atoms with van der Waals surface area (Å²) < 4.78 is 27.5. The molecule has 0 fully saturated rings. The van der Waals surface area contributed by atoms with Gasteiger partial charge in [0.25, 0.3) is 11.8 Å². The maximum Gasteiger partial charge on any atom is 0.282 e. The molecular weight excluding hydrogens is 354 g/mol. The normalized spacial score (nSPS) is 14.3. The van der Waals surface area contributed by atoms with Crippen molar-refractivity contribution in [3.05, 3.63) is 70.9 Å². The first kappa shape index (κ1) is 18.7. The van der Waals surface area contributed by atoms with E-state index in [1.165, 1.54) is 4.90 Å². The van der Waals surface area contributed by atoms with Crippen molar-refractivity contribution in [2.24, 2.45) is 0 Å². The molecule has 7 heteroatoms. The number of nitrogens with zero attached hydrogens (tertiary/aromatic N) is 2. The van der Waals surface area contributed by atoms with Crippen LogP contribution in [0, 0.1) is 18.6 Å². The Bertz CT molecular complexity index is 939. The minimum Gasteiger partial charge on any atom is -0.395 e. The van der Waals surface area contributed by atoms with E-state index in [0.717, 1.165) is 17.7 Å². The van der Waals surface area contributed by atoms with E-state index in [1.807, 2.05) is 6.92 Å². The van der Waals surface area contributed by atoms with E-state index in [-0.39, 0.29) is 30.1 Å². The Balaban J connectivity index is 2.15. The van der Waals surface area contributed by atoms with Gasteiger partial charge in [0.2, 0.25) is 0 Å². The predicted molar refractivity (Wildman–Crippen MR) is 96.7 cm³/mol. The molecule has 3 rings (SSSR count). The highest BCUT2D eigenvalue weighted by Gasteiger charge is 2.42. The number of aliphatic hydroxyl groups is 1. The van der Waals surface area contributed by atoms with Gasteiger partial charge in [0.15, 0.2) is 0 Å². The number of carbonyl (C=O) groups is 2. The van der Waals surface area contributed by atoms with Gasteiger partial charge in [-0.2, -0.15) is 0 Å². The van der Waals surface area contributed by atoms with Crippen LogP contribution >= 0.6 is 0 Å². The van der Waals surface area contributed by atoms with Gasteiger partial charge in [-0.3, -0.25) is 9.59 Å². The number of amides is 2. The first-order valence-electron chi connectivity index (χ1n) is 8.32. The zero-order chi connectivity index (χ0) is 19.7. The molecule has 0 aromatic heterocycles. The first-order chi connectivity index (χ1) is 12.8. The molecule has 0 saturated heterocycles. The fourth-order valence-corrected chi connectivity index (χ4v) is 3.00. The Labute approximate surface area is 155 Å². The van der Waals surface area contributed by atoms with E-state index < -0.39 is 23.4 Å². The van der Waals surface area contributed by atoms with Gasteiger partial charge in [0.05, 0.1) is 17.9 Å². The molecule has 1 N–H and O–H groups in total. The van der Waals surface area contributed by atoms with Crippen molar-refractivity contribution < 1.29 is 23.5 Å². The Morgan fingerprint density at radius 3 is 2.30 bits per heavy atom. The van der Waals surface area contributed by atoms with Crippen molar-refractivity contribution in [2.75, 3.05) is 25.1 Å². The highest BCUT2D eigenvalue weighted by atomic mass is 19.1.